The molecule has 0 atom stereocenters. The largest absolute Gasteiger partial charge is 0.433 e. The minimum atomic E-state index is -4.61. The van der Waals surface area contributed by atoms with Crippen LogP contribution in [0.3, 0.4) is 0 Å². The number of benzene rings is 2. The van der Waals surface area contributed by atoms with Gasteiger partial charge in [-0.3, -0.25) is 0 Å². The van der Waals surface area contributed by atoms with E-state index >= 15 is 0 Å². The van der Waals surface area contributed by atoms with Gasteiger partial charge in [0.1, 0.15) is 11.5 Å². The fourth-order valence-corrected chi connectivity index (χ4v) is 2.52. The lowest BCUT2D eigenvalue weighted by molar-refractivity contribution is -0.141. The molecule has 0 aliphatic rings. The Labute approximate surface area is 143 Å². The second-order valence-electron chi connectivity index (χ2n) is 4.98. The quantitative estimate of drug-likeness (QED) is 0.516. The first-order chi connectivity index (χ1) is 11.3. The minimum absolute atomic E-state index is 0.0505. The van der Waals surface area contributed by atoms with Gasteiger partial charge in [-0.2, -0.15) is 13.2 Å². The van der Waals surface area contributed by atoms with Crippen LogP contribution in [-0.4, -0.2) is 9.97 Å². The maximum Gasteiger partial charge on any atom is 0.433 e. The predicted octanol–water partition coefficient (Wildman–Crippen LogP) is 5.73. The summed E-state index contributed by atoms with van der Waals surface area (Å²) < 4.78 is 53.2. The van der Waals surface area contributed by atoms with Crippen molar-refractivity contribution in [2.24, 2.45) is 0 Å². The van der Waals surface area contributed by atoms with Crippen molar-refractivity contribution >= 4 is 15.9 Å². The van der Waals surface area contributed by atoms with Crippen molar-refractivity contribution in [3.8, 4) is 22.6 Å². The molecule has 2 aromatic carbocycles. The maximum absolute atomic E-state index is 13.2. The highest BCUT2D eigenvalue weighted by atomic mass is 79.9. The first-order valence-corrected chi connectivity index (χ1v) is 7.60. The van der Waals surface area contributed by atoms with Gasteiger partial charge in [-0.1, -0.05) is 28.1 Å². The van der Waals surface area contributed by atoms with Gasteiger partial charge in [0.05, 0.1) is 5.69 Å². The molecular weight excluding hydrogens is 388 g/mol. The lowest BCUT2D eigenvalue weighted by atomic mass is 10.1. The van der Waals surface area contributed by atoms with E-state index in [0.717, 1.165) is 6.07 Å². The van der Waals surface area contributed by atoms with Gasteiger partial charge in [-0.15, -0.1) is 0 Å². The number of aromatic nitrogens is 2. The van der Waals surface area contributed by atoms with E-state index in [4.69, 9.17) is 0 Å². The van der Waals surface area contributed by atoms with Crippen LogP contribution in [0.2, 0.25) is 0 Å². The lowest BCUT2D eigenvalue weighted by Gasteiger charge is -2.11. The SMILES string of the molecule is Fc1ccc(-c2cc(C(F)(F)F)nc(-c3cccc(Br)c3)n2)cc1. The third-order valence-corrected chi connectivity index (χ3v) is 3.73. The summed E-state index contributed by atoms with van der Waals surface area (Å²) in [5, 5.41) is 0. The number of halogens is 5. The fourth-order valence-electron chi connectivity index (χ4n) is 2.12. The number of nitrogens with zero attached hydrogens (tertiary/aromatic N) is 2. The lowest BCUT2D eigenvalue weighted by Crippen LogP contribution is -2.10. The van der Waals surface area contributed by atoms with Crippen LogP contribution in [0.25, 0.3) is 22.6 Å². The van der Waals surface area contributed by atoms with E-state index in [0.29, 0.717) is 15.6 Å². The summed E-state index contributed by atoms with van der Waals surface area (Å²) in [5.41, 5.74) is -0.154. The van der Waals surface area contributed by atoms with Gasteiger partial charge >= 0.3 is 6.18 Å². The van der Waals surface area contributed by atoms with E-state index in [2.05, 4.69) is 25.9 Å². The normalized spacial score (nSPS) is 11.5. The van der Waals surface area contributed by atoms with Crippen LogP contribution in [0, 0.1) is 5.82 Å². The molecular formula is C17H9BrF4N2. The Bertz CT molecular complexity index is 877. The standard InChI is InChI=1S/C17H9BrF4N2/c18-12-3-1-2-11(8-12)16-23-14(9-15(24-16)17(20,21)22)10-4-6-13(19)7-5-10/h1-9H. The molecule has 0 aliphatic carbocycles. The van der Waals surface area contributed by atoms with Crippen molar-refractivity contribution in [2.75, 3.05) is 0 Å². The van der Waals surface area contributed by atoms with Crippen molar-refractivity contribution in [1.29, 1.82) is 0 Å². The smallest absolute Gasteiger partial charge is 0.228 e. The van der Waals surface area contributed by atoms with Crippen LogP contribution < -0.4 is 0 Å². The van der Waals surface area contributed by atoms with E-state index in [1.54, 1.807) is 24.3 Å². The van der Waals surface area contributed by atoms with Crippen molar-refractivity contribution in [2.45, 2.75) is 6.18 Å². The Kier molecular flexibility index (Phi) is 4.36. The van der Waals surface area contributed by atoms with Gasteiger partial charge < -0.3 is 0 Å². The highest BCUT2D eigenvalue weighted by Crippen LogP contribution is 2.32. The summed E-state index contributed by atoms with van der Waals surface area (Å²) in [5.74, 6) is -0.526. The molecule has 3 rings (SSSR count). The summed E-state index contributed by atoms with van der Waals surface area (Å²) in [6.45, 7) is 0. The second-order valence-corrected chi connectivity index (χ2v) is 5.89. The van der Waals surface area contributed by atoms with E-state index in [9.17, 15) is 17.6 Å². The zero-order valence-corrected chi connectivity index (χ0v) is 13.6. The van der Waals surface area contributed by atoms with E-state index in [1.807, 2.05) is 0 Å². The Hall–Kier alpha value is -2.28. The maximum atomic E-state index is 13.2. The van der Waals surface area contributed by atoms with Crippen LogP contribution >= 0.6 is 15.9 Å². The third kappa shape index (κ3) is 3.62. The first-order valence-electron chi connectivity index (χ1n) is 6.81. The third-order valence-electron chi connectivity index (χ3n) is 3.24. The number of alkyl halides is 3. The van der Waals surface area contributed by atoms with Crippen molar-refractivity contribution < 1.29 is 17.6 Å². The summed E-state index contributed by atoms with van der Waals surface area (Å²) >= 11 is 3.27. The molecule has 0 saturated heterocycles. The summed E-state index contributed by atoms with van der Waals surface area (Å²) in [7, 11) is 0. The molecule has 0 radical (unpaired) electrons. The molecule has 7 heteroatoms. The predicted molar refractivity (Wildman–Crippen MR) is 85.6 cm³/mol. The zero-order chi connectivity index (χ0) is 17.3. The van der Waals surface area contributed by atoms with Gasteiger partial charge in [0.25, 0.3) is 0 Å². The van der Waals surface area contributed by atoms with Crippen LogP contribution in [-0.2, 0) is 6.18 Å². The molecule has 2 nitrogen and oxygen atoms in total. The van der Waals surface area contributed by atoms with Crippen LogP contribution in [0.1, 0.15) is 5.69 Å². The van der Waals surface area contributed by atoms with Gasteiger partial charge in [0.15, 0.2) is 5.82 Å². The Morgan fingerprint density at radius 3 is 2.17 bits per heavy atom. The number of hydrogen-bond donors (Lipinski definition) is 0. The average molecular weight is 397 g/mol. The second kappa shape index (κ2) is 6.32. The molecule has 1 aromatic heterocycles. The van der Waals surface area contributed by atoms with Crippen LogP contribution in [0.5, 0.6) is 0 Å². The molecule has 0 amide bonds. The highest BCUT2D eigenvalue weighted by molar-refractivity contribution is 9.10. The van der Waals surface area contributed by atoms with Crippen LogP contribution in [0.4, 0.5) is 17.6 Å². The topological polar surface area (TPSA) is 25.8 Å². The summed E-state index contributed by atoms with van der Waals surface area (Å²) in [4.78, 5) is 7.83. The molecule has 1 heterocycles. The average Bonchev–Trinajstić information content (AvgIpc) is 2.54. The Morgan fingerprint density at radius 1 is 0.833 bits per heavy atom. The van der Waals surface area contributed by atoms with E-state index in [-0.39, 0.29) is 11.5 Å². The minimum Gasteiger partial charge on any atom is -0.228 e. The number of rotatable bonds is 2. The molecule has 122 valence electrons. The molecule has 0 spiro atoms. The molecule has 0 N–H and O–H groups in total. The van der Waals surface area contributed by atoms with Gasteiger partial charge in [-0.05, 0) is 42.5 Å². The first kappa shape index (κ1) is 16.6. The molecule has 0 fully saturated rings. The molecule has 0 aliphatic heterocycles. The molecule has 0 unspecified atom stereocenters. The molecule has 0 bridgehead atoms. The molecule has 24 heavy (non-hydrogen) atoms. The van der Waals surface area contributed by atoms with Gasteiger partial charge in [0, 0.05) is 15.6 Å². The van der Waals surface area contributed by atoms with E-state index < -0.39 is 17.7 Å². The summed E-state index contributed by atoms with van der Waals surface area (Å²) in [6, 6.07) is 12.6. The van der Waals surface area contributed by atoms with Crippen molar-refractivity contribution in [3.63, 3.8) is 0 Å². The molecule has 0 saturated carbocycles. The Morgan fingerprint density at radius 2 is 1.54 bits per heavy atom. The zero-order valence-electron chi connectivity index (χ0n) is 12.0. The monoisotopic (exact) mass is 396 g/mol. The highest BCUT2D eigenvalue weighted by Gasteiger charge is 2.34. The number of hydrogen-bond acceptors (Lipinski definition) is 2. The van der Waals surface area contributed by atoms with E-state index in [1.165, 1.54) is 24.3 Å². The van der Waals surface area contributed by atoms with Crippen molar-refractivity contribution in [3.05, 3.63) is 70.6 Å². The molecule has 3 aromatic rings. The van der Waals surface area contributed by atoms with Gasteiger partial charge in [-0.25, -0.2) is 14.4 Å². The fraction of sp³-hybridized carbons (Fsp3) is 0.0588. The van der Waals surface area contributed by atoms with Crippen molar-refractivity contribution in [1.82, 2.24) is 9.97 Å². The Balaban J connectivity index is 2.19. The van der Waals surface area contributed by atoms with Crippen LogP contribution in [0.15, 0.2) is 59.1 Å². The van der Waals surface area contributed by atoms with Gasteiger partial charge in [0.2, 0.25) is 0 Å². The summed E-state index contributed by atoms with van der Waals surface area (Å²) in [6.07, 6.45) is -4.61.